The molecule has 1 heterocycles. The summed E-state index contributed by atoms with van der Waals surface area (Å²) in [5, 5.41) is 7.42. The number of amidine groups is 1. The number of piperidine rings is 1. The number of nitrogens with two attached hydrogens (primary N) is 1. The molecule has 0 aromatic heterocycles. The monoisotopic (exact) mass is 241 g/mol. The summed E-state index contributed by atoms with van der Waals surface area (Å²) in [4.78, 5) is 2.41. The van der Waals surface area contributed by atoms with Crippen LogP contribution >= 0.6 is 0 Å². The van der Waals surface area contributed by atoms with Crippen molar-refractivity contribution in [3.63, 3.8) is 0 Å². The van der Waals surface area contributed by atoms with E-state index in [0.29, 0.717) is 11.8 Å². The highest BCUT2D eigenvalue weighted by atomic mass is 16.5. The Hall–Kier alpha value is -0.610. The second kappa shape index (κ2) is 7.67. The van der Waals surface area contributed by atoms with E-state index < -0.39 is 0 Å². The molecule has 0 aromatic rings. The van der Waals surface area contributed by atoms with E-state index in [2.05, 4.69) is 18.7 Å². The molecule has 100 valence electrons. The molecule has 0 bridgehead atoms. The van der Waals surface area contributed by atoms with Crippen molar-refractivity contribution in [1.29, 1.82) is 5.41 Å². The normalized spacial score (nSPS) is 18.8. The van der Waals surface area contributed by atoms with Gasteiger partial charge >= 0.3 is 0 Å². The van der Waals surface area contributed by atoms with Gasteiger partial charge in [0.15, 0.2) is 0 Å². The highest BCUT2D eigenvalue weighted by molar-refractivity contribution is 5.79. The lowest BCUT2D eigenvalue weighted by molar-refractivity contribution is 0.0868. The first kappa shape index (κ1) is 14.5. The predicted octanol–water partition coefficient (Wildman–Crippen LogP) is 1.70. The van der Waals surface area contributed by atoms with E-state index in [1.165, 1.54) is 0 Å². The molecule has 1 rings (SSSR count). The quantitative estimate of drug-likeness (QED) is 0.405. The zero-order chi connectivity index (χ0) is 12.7. The number of likely N-dealkylation sites (tertiary alicyclic amines) is 1. The van der Waals surface area contributed by atoms with Crippen LogP contribution in [0.25, 0.3) is 0 Å². The fourth-order valence-electron chi connectivity index (χ4n) is 2.08. The summed E-state index contributed by atoms with van der Waals surface area (Å²) >= 11 is 0. The number of hydrogen-bond acceptors (Lipinski definition) is 3. The predicted molar refractivity (Wildman–Crippen MR) is 71.4 cm³/mol. The van der Waals surface area contributed by atoms with Gasteiger partial charge in [0, 0.05) is 19.1 Å². The van der Waals surface area contributed by atoms with Gasteiger partial charge in [-0.2, -0.15) is 0 Å². The van der Waals surface area contributed by atoms with Crippen molar-refractivity contribution in [1.82, 2.24) is 4.90 Å². The van der Waals surface area contributed by atoms with Crippen molar-refractivity contribution >= 4 is 5.84 Å². The third-order valence-corrected chi connectivity index (χ3v) is 3.42. The van der Waals surface area contributed by atoms with Crippen molar-refractivity contribution in [2.75, 3.05) is 32.8 Å². The van der Waals surface area contributed by atoms with Gasteiger partial charge in [-0.25, -0.2) is 0 Å². The first-order chi connectivity index (χ1) is 8.09. The first-order valence-corrected chi connectivity index (χ1v) is 6.73. The van der Waals surface area contributed by atoms with Crippen LogP contribution in [0.5, 0.6) is 0 Å². The maximum Gasteiger partial charge on any atom is 0.0937 e. The van der Waals surface area contributed by atoms with Gasteiger partial charge in [-0.3, -0.25) is 5.41 Å². The minimum Gasteiger partial charge on any atom is -0.387 e. The van der Waals surface area contributed by atoms with Gasteiger partial charge in [0.05, 0.1) is 12.4 Å². The van der Waals surface area contributed by atoms with Crippen LogP contribution in [0.1, 0.15) is 33.1 Å². The third-order valence-electron chi connectivity index (χ3n) is 3.42. The van der Waals surface area contributed by atoms with Crippen LogP contribution in [0, 0.1) is 17.2 Å². The van der Waals surface area contributed by atoms with Crippen LogP contribution < -0.4 is 5.73 Å². The van der Waals surface area contributed by atoms with E-state index in [0.717, 1.165) is 58.0 Å². The van der Waals surface area contributed by atoms with Gasteiger partial charge in [0.25, 0.3) is 0 Å². The highest BCUT2D eigenvalue weighted by Gasteiger charge is 2.20. The molecule has 0 aromatic carbocycles. The van der Waals surface area contributed by atoms with Gasteiger partial charge in [-0.15, -0.1) is 0 Å². The lowest BCUT2D eigenvalue weighted by Gasteiger charge is -2.31. The average molecular weight is 241 g/mol. The van der Waals surface area contributed by atoms with Gasteiger partial charge in [-0.1, -0.05) is 13.8 Å². The molecule has 0 unspecified atom stereocenters. The van der Waals surface area contributed by atoms with E-state index in [-0.39, 0.29) is 0 Å². The topological polar surface area (TPSA) is 62.3 Å². The van der Waals surface area contributed by atoms with Crippen LogP contribution in [-0.2, 0) is 4.74 Å². The van der Waals surface area contributed by atoms with Crippen LogP contribution in [0.2, 0.25) is 0 Å². The van der Waals surface area contributed by atoms with E-state index in [4.69, 9.17) is 15.9 Å². The summed E-state index contributed by atoms with van der Waals surface area (Å²) in [6, 6.07) is 0. The fourth-order valence-corrected chi connectivity index (χ4v) is 2.08. The Bertz CT molecular complexity index is 223. The van der Waals surface area contributed by atoms with Crippen LogP contribution in [-0.4, -0.2) is 43.6 Å². The van der Waals surface area contributed by atoms with Gasteiger partial charge in [0.1, 0.15) is 0 Å². The molecule has 17 heavy (non-hydrogen) atoms. The molecule has 4 heteroatoms. The van der Waals surface area contributed by atoms with E-state index in [9.17, 15) is 0 Å². The second-order valence-corrected chi connectivity index (χ2v) is 5.37. The minimum atomic E-state index is 0.313. The summed E-state index contributed by atoms with van der Waals surface area (Å²) in [6.07, 6.45) is 3.20. The molecule has 0 aliphatic carbocycles. The van der Waals surface area contributed by atoms with Gasteiger partial charge < -0.3 is 15.4 Å². The molecule has 0 radical (unpaired) electrons. The highest BCUT2D eigenvalue weighted by Crippen LogP contribution is 2.16. The largest absolute Gasteiger partial charge is 0.387 e. The van der Waals surface area contributed by atoms with E-state index in [1.54, 1.807) is 0 Å². The number of nitrogens with zero attached hydrogens (tertiary/aromatic N) is 1. The molecule has 0 saturated carbocycles. The molecule has 1 saturated heterocycles. The smallest absolute Gasteiger partial charge is 0.0937 e. The number of ether oxygens (including phenoxy) is 1. The third kappa shape index (κ3) is 6.03. The van der Waals surface area contributed by atoms with Crippen molar-refractivity contribution in [2.45, 2.75) is 33.1 Å². The van der Waals surface area contributed by atoms with E-state index in [1.807, 2.05) is 0 Å². The lowest BCUT2D eigenvalue weighted by atomic mass is 9.96. The van der Waals surface area contributed by atoms with Crippen molar-refractivity contribution in [2.24, 2.45) is 17.6 Å². The standard InChI is InChI=1S/C13H27N3O/c1-11(2)5-9-17-10-8-16-6-3-12(4-7-16)13(14)15/h11-12H,3-10H2,1-2H3,(H3,14,15). The number of rotatable bonds is 7. The Balaban J connectivity index is 2.01. The molecule has 0 atom stereocenters. The van der Waals surface area contributed by atoms with Crippen molar-refractivity contribution in [3.05, 3.63) is 0 Å². The molecular weight excluding hydrogens is 214 g/mol. The summed E-state index contributed by atoms with van der Waals surface area (Å²) in [6.45, 7) is 9.27. The zero-order valence-corrected chi connectivity index (χ0v) is 11.2. The minimum absolute atomic E-state index is 0.313. The van der Waals surface area contributed by atoms with Crippen molar-refractivity contribution < 1.29 is 4.74 Å². The zero-order valence-electron chi connectivity index (χ0n) is 11.2. The molecule has 4 nitrogen and oxygen atoms in total. The molecule has 1 aliphatic heterocycles. The SMILES string of the molecule is CC(C)CCOCCN1CCC(C(=N)N)CC1. The lowest BCUT2D eigenvalue weighted by Crippen LogP contribution is -2.39. The summed E-state index contributed by atoms with van der Waals surface area (Å²) in [7, 11) is 0. The summed E-state index contributed by atoms with van der Waals surface area (Å²) in [5.41, 5.74) is 5.52. The Labute approximate surface area is 105 Å². The van der Waals surface area contributed by atoms with Crippen LogP contribution in [0.15, 0.2) is 0 Å². The molecule has 0 spiro atoms. The molecule has 3 N–H and O–H groups in total. The average Bonchev–Trinajstić information content (AvgIpc) is 2.29. The first-order valence-electron chi connectivity index (χ1n) is 6.73. The Morgan fingerprint density at radius 2 is 2.00 bits per heavy atom. The fraction of sp³-hybridized carbons (Fsp3) is 0.923. The van der Waals surface area contributed by atoms with E-state index >= 15 is 0 Å². The molecular formula is C13H27N3O. The van der Waals surface area contributed by atoms with Crippen molar-refractivity contribution in [3.8, 4) is 0 Å². The number of nitrogens with one attached hydrogen (secondary N) is 1. The maximum absolute atomic E-state index is 7.42. The Morgan fingerprint density at radius 3 is 2.53 bits per heavy atom. The number of hydrogen-bond donors (Lipinski definition) is 2. The maximum atomic E-state index is 7.42. The molecule has 1 aliphatic rings. The Morgan fingerprint density at radius 1 is 1.35 bits per heavy atom. The molecule has 1 fully saturated rings. The Kier molecular flexibility index (Phi) is 6.52. The van der Waals surface area contributed by atoms with Gasteiger partial charge in [-0.05, 0) is 38.3 Å². The summed E-state index contributed by atoms with van der Waals surface area (Å²) < 4.78 is 5.61. The van der Waals surface area contributed by atoms with Gasteiger partial charge in [0.2, 0.25) is 0 Å². The van der Waals surface area contributed by atoms with Crippen LogP contribution in [0.4, 0.5) is 0 Å². The molecule has 0 amide bonds. The van der Waals surface area contributed by atoms with Crippen LogP contribution in [0.3, 0.4) is 0 Å². The summed E-state index contributed by atoms with van der Waals surface area (Å²) in [5.74, 6) is 1.40. The second-order valence-electron chi connectivity index (χ2n) is 5.37.